The Balaban J connectivity index is 2.20. The molecule has 0 fully saturated rings. The first kappa shape index (κ1) is 18.9. The summed E-state index contributed by atoms with van der Waals surface area (Å²) in [6.45, 7) is 7.77. The molecule has 1 heterocycles. The van der Waals surface area contributed by atoms with Gasteiger partial charge in [0.05, 0.1) is 0 Å². The van der Waals surface area contributed by atoms with E-state index in [9.17, 15) is 4.79 Å². The van der Waals surface area contributed by atoms with Crippen molar-refractivity contribution in [3.8, 4) is 0 Å². The Morgan fingerprint density at radius 3 is 2.72 bits per heavy atom. The Hall–Kier alpha value is -2.47. The predicted molar refractivity (Wildman–Crippen MR) is 100 cm³/mol. The van der Waals surface area contributed by atoms with Crippen LogP contribution in [0.3, 0.4) is 0 Å². The highest BCUT2D eigenvalue weighted by atomic mass is 16.5. The molecule has 0 aliphatic carbocycles. The van der Waals surface area contributed by atoms with Crippen LogP contribution in [-0.4, -0.2) is 42.7 Å². The number of hydrogen-bond acceptors (Lipinski definition) is 5. The fourth-order valence-electron chi connectivity index (χ4n) is 2.55. The number of hydrogen-bond donors (Lipinski definition) is 1. The van der Waals surface area contributed by atoms with Gasteiger partial charge in [-0.05, 0) is 51.0 Å². The summed E-state index contributed by atoms with van der Waals surface area (Å²) < 4.78 is 5.03. The summed E-state index contributed by atoms with van der Waals surface area (Å²) in [5.74, 6) is 0.346. The number of nitrogens with zero attached hydrogens (tertiary/aromatic N) is 3. The van der Waals surface area contributed by atoms with Crippen molar-refractivity contribution in [2.75, 3.05) is 37.0 Å². The van der Waals surface area contributed by atoms with Gasteiger partial charge >= 0.3 is 0 Å². The number of benzene rings is 1. The summed E-state index contributed by atoms with van der Waals surface area (Å²) in [5, 5.41) is 3.15. The van der Waals surface area contributed by atoms with Gasteiger partial charge < -0.3 is 15.0 Å². The van der Waals surface area contributed by atoms with Crippen LogP contribution in [0.5, 0.6) is 0 Å². The standard InChI is InChI=1S/C19H26N4O2/c1-5-23(16-9-6-8-14(2)12-16)18(24)17-13-15(3)21-19(22-17)20-10-7-11-25-4/h6,8-9,12-13H,5,7,10-11H2,1-4H3,(H,20,21,22). The summed E-state index contributed by atoms with van der Waals surface area (Å²) in [5.41, 5.74) is 3.14. The Labute approximate surface area is 149 Å². The molecule has 2 aromatic rings. The summed E-state index contributed by atoms with van der Waals surface area (Å²) in [7, 11) is 1.67. The molecule has 0 aliphatic rings. The number of rotatable bonds is 8. The maximum atomic E-state index is 13.0. The summed E-state index contributed by atoms with van der Waals surface area (Å²) in [4.78, 5) is 23.4. The van der Waals surface area contributed by atoms with E-state index in [1.54, 1.807) is 18.1 Å². The molecule has 0 aliphatic heterocycles. The topological polar surface area (TPSA) is 67.4 Å². The van der Waals surface area contributed by atoms with Crippen molar-refractivity contribution in [1.82, 2.24) is 9.97 Å². The van der Waals surface area contributed by atoms with Gasteiger partial charge in [-0.25, -0.2) is 9.97 Å². The van der Waals surface area contributed by atoms with Gasteiger partial charge in [0.15, 0.2) is 0 Å². The van der Waals surface area contributed by atoms with Gasteiger partial charge in [0.25, 0.3) is 5.91 Å². The minimum absolute atomic E-state index is 0.126. The largest absolute Gasteiger partial charge is 0.385 e. The summed E-state index contributed by atoms with van der Waals surface area (Å²) >= 11 is 0. The second-order valence-electron chi connectivity index (χ2n) is 5.88. The number of ether oxygens (including phenoxy) is 1. The van der Waals surface area contributed by atoms with Crippen molar-refractivity contribution >= 4 is 17.5 Å². The third kappa shape index (κ3) is 5.26. The number of methoxy groups -OCH3 is 1. The monoisotopic (exact) mass is 342 g/mol. The Morgan fingerprint density at radius 1 is 1.24 bits per heavy atom. The van der Waals surface area contributed by atoms with Gasteiger partial charge in [-0.3, -0.25) is 4.79 Å². The second-order valence-corrected chi connectivity index (χ2v) is 5.88. The van der Waals surface area contributed by atoms with E-state index in [1.807, 2.05) is 45.0 Å². The average Bonchev–Trinajstić information content (AvgIpc) is 2.59. The first-order valence-corrected chi connectivity index (χ1v) is 8.52. The van der Waals surface area contributed by atoms with Crippen molar-refractivity contribution in [2.45, 2.75) is 27.2 Å². The van der Waals surface area contributed by atoms with Crippen molar-refractivity contribution in [2.24, 2.45) is 0 Å². The number of nitrogens with one attached hydrogen (secondary N) is 1. The highest BCUT2D eigenvalue weighted by Crippen LogP contribution is 2.18. The molecule has 0 atom stereocenters. The zero-order valence-electron chi connectivity index (χ0n) is 15.4. The van der Waals surface area contributed by atoms with Crippen LogP contribution >= 0.6 is 0 Å². The highest BCUT2D eigenvalue weighted by Gasteiger charge is 2.19. The van der Waals surface area contributed by atoms with Gasteiger partial charge in [-0.2, -0.15) is 0 Å². The predicted octanol–water partition coefficient (Wildman–Crippen LogP) is 3.21. The Morgan fingerprint density at radius 2 is 2.04 bits per heavy atom. The zero-order chi connectivity index (χ0) is 18.2. The van der Waals surface area contributed by atoms with Crippen LogP contribution in [0.2, 0.25) is 0 Å². The van der Waals surface area contributed by atoms with E-state index in [4.69, 9.17) is 4.74 Å². The van der Waals surface area contributed by atoms with Crippen LogP contribution in [0, 0.1) is 13.8 Å². The quantitative estimate of drug-likeness (QED) is 0.746. The highest BCUT2D eigenvalue weighted by molar-refractivity contribution is 6.05. The minimum Gasteiger partial charge on any atom is -0.385 e. The maximum Gasteiger partial charge on any atom is 0.277 e. The molecule has 0 saturated heterocycles. The molecule has 25 heavy (non-hydrogen) atoms. The van der Waals surface area contributed by atoms with Crippen LogP contribution in [0.1, 0.15) is 35.1 Å². The molecule has 0 radical (unpaired) electrons. The molecule has 1 aromatic heterocycles. The van der Waals surface area contributed by atoms with Crippen LogP contribution in [0.4, 0.5) is 11.6 Å². The first-order valence-electron chi connectivity index (χ1n) is 8.52. The maximum absolute atomic E-state index is 13.0. The zero-order valence-corrected chi connectivity index (χ0v) is 15.4. The van der Waals surface area contributed by atoms with Crippen LogP contribution < -0.4 is 10.2 Å². The van der Waals surface area contributed by atoms with Crippen LogP contribution in [0.25, 0.3) is 0 Å². The lowest BCUT2D eigenvalue weighted by Crippen LogP contribution is -2.31. The minimum atomic E-state index is -0.126. The lowest BCUT2D eigenvalue weighted by molar-refractivity contribution is 0.0983. The normalized spacial score (nSPS) is 10.6. The van der Waals surface area contributed by atoms with Crippen molar-refractivity contribution < 1.29 is 9.53 Å². The number of aromatic nitrogens is 2. The average molecular weight is 342 g/mol. The molecule has 2 rings (SSSR count). The third-order valence-electron chi connectivity index (χ3n) is 3.76. The van der Waals surface area contributed by atoms with E-state index in [1.165, 1.54) is 0 Å². The van der Waals surface area contributed by atoms with Crippen LogP contribution in [0.15, 0.2) is 30.3 Å². The van der Waals surface area contributed by atoms with Crippen LogP contribution in [-0.2, 0) is 4.74 Å². The molecule has 6 nitrogen and oxygen atoms in total. The van der Waals surface area contributed by atoms with Crippen molar-refractivity contribution in [1.29, 1.82) is 0 Å². The second kappa shape index (κ2) is 9.13. The summed E-state index contributed by atoms with van der Waals surface area (Å²) in [6.07, 6.45) is 0.849. The number of amides is 1. The van der Waals surface area contributed by atoms with Gasteiger partial charge in [-0.15, -0.1) is 0 Å². The molecule has 0 saturated carbocycles. The smallest absolute Gasteiger partial charge is 0.277 e. The van der Waals surface area contributed by atoms with E-state index in [2.05, 4.69) is 15.3 Å². The number of carbonyl (C=O) groups excluding carboxylic acids is 1. The Kier molecular flexibility index (Phi) is 6.89. The van der Waals surface area contributed by atoms with E-state index in [0.29, 0.717) is 31.3 Å². The molecule has 0 bridgehead atoms. The molecule has 1 N–H and O–H groups in total. The molecule has 6 heteroatoms. The molecule has 0 unspecified atom stereocenters. The van der Waals surface area contributed by atoms with E-state index >= 15 is 0 Å². The van der Waals surface area contributed by atoms with E-state index in [-0.39, 0.29) is 5.91 Å². The van der Waals surface area contributed by atoms with Gasteiger partial charge in [-0.1, -0.05) is 12.1 Å². The van der Waals surface area contributed by atoms with Crippen molar-refractivity contribution in [3.63, 3.8) is 0 Å². The molecular formula is C19H26N4O2. The molecule has 0 spiro atoms. The molecule has 134 valence electrons. The fourth-order valence-corrected chi connectivity index (χ4v) is 2.55. The van der Waals surface area contributed by atoms with E-state index < -0.39 is 0 Å². The summed E-state index contributed by atoms with van der Waals surface area (Å²) in [6, 6.07) is 9.63. The van der Waals surface area contributed by atoms with E-state index in [0.717, 1.165) is 23.4 Å². The Bertz CT molecular complexity index is 718. The number of carbonyl (C=O) groups is 1. The van der Waals surface area contributed by atoms with Crippen molar-refractivity contribution in [3.05, 3.63) is 47.3 Å². The third-order valence-corrected chi connectivity index (χ3v) is 3.76. The fraction of sp³-hybridized carbons (Fsp3) is 0.421. The molecule has 1 amide bonds. The lowest BCUT2D eigenvalue weighted by atomic mass is 10.2. The lowest BCUT2D eigenvalue weighted by Gasteiger charge is -2.21. The number of aryl methyl sites for hydroxylation is 2. The molecule has 1 aromatic carbocycles. The SMILES string of the molecule is CCN(C(=O)c1cc(C)nc(NCCCOC)n1)c1cccc(C)c1. The first-order chi connectivity index (χ1) is 12.0. The van der Waals surface area contributed by atoms with Gasteiger partial charge in [0.1, 0.15) is 5.69 Å². The van der Waals surface area contributed by atoms with Gasteiger partial charge in [0.2, 0.25) is 5.95 Å². The molecular weight excluding hydrogens is 316 g/mol. The number of anilines is 2. The van der Waals surface area contributed by atoms with Gasteiger partial charge in [0, 0.05) is 38.2 Å².